The molecule has 236 valence electrons. The van der Waals surface area contributed by atoms with Crippen LogP contribution in [-0.4, -0.2) is 99.4 Å². The van der Waals surface area contributed by atoms with Crippen molar-refractivity contribution in [2.75, 3.05) is 31.3 Å². The number of halogens is 1. The summed E-state index contributed by atoms with van der Waals surface area (Å²) in [6.07, 6.45) is -3.67. The number of nitrogen functional groups attached to an aromatic ring is 2. The van der Waals surface area contributed by atoms with E-state index in [0.29, 0.717) is 0 Å². The predicted molar refractivity (Wildman–Crippen MR) is 153 cm³/mol. The minimum absolute atomic E-state index is 0.00213. The average Bonchev–Trinajstić information content (AvgIpc) is 3.73. The molecule has 7 heterocycles. The fraction of sp³-hybridized carbons (Fsp3) is 0.500. The van der Waals surface area contributed by atoms with Crippen LogP contribution in [0.1, 0.15) is 6.23 Å². The van der Waals surface area contributed by atoms with Crippen molar-refractivity contribution < 1.29 is 46.5 Å². The SMILES string of the molecule is Nc1ncnc2c1ncn2[C@@H]1O[C@@H]2COP(O)(=S)O[C@@H]3[C@@H](COP(=O)(S)O[C@@H]1[C@@H]2O)OC[C@]3(F)n1cnc2c(N)ncnc21. The lowest BCUT2D eigenvalue weighted by atomic mass is 10.1. The third-order valence-electron chi connectivity index (χ3n) is 7.32. The summed E-state index contributed by atoms with van der Waals surface area (Å²) in [5.41, 5.74) is 12.3. The number of fused-ring (bicyclic) bond motifs is 5. The molecule has 0 saturated carbocycles. The molecule has 6 N–H and O–H groups in total. The van der Waals surface area contributed by atoms with Gasteiger partial charge in [-0.25, -0.2) is 38.9 Å². The Morgan fingerprint density at radius 1 is 1.00 bits per heavy atom. The van der Waals surface area contributed by atoms with Crippen molar-refractivity contribution in [3.8, 4) is 0 Å². The van der Waals surface area contributed by atoms with E-state index in [1.54, 1.807) is 0 Å². The minimum Gasteiger partial charge on any atom is -0.387 e. The zero-order chi connectivity index (χ0) is 31.0. The van der Waals surface area contributed by atoms with Crippen molar-refractivity contribution in [2.24, 2.45) is 0 Å². The van der Waals surface area contributed by atoms with Crippen molar-refractivity contribution in [3.63, 3.8) is 0 Å². The van der Waals surface area contributed by atoms with Crippen LogP contribution in [0.25, 0.3) is 22.3 Å². The van der Waals surface area contributed by atoms with E-state index in [0.717, 1.165) is 17.2 Å². The number of hydrogen-bond acceptors (Lipinski definition) is 17. The highest BCUT2D eigenvalue weighted by atomic mass is 32.7. The summed E-state index contributed by atoms with van der Waals surface area (Å²) >= 11 is 9.30. The fourth-order valence-electron chi connectivity index (χ4n) is 5.24. The molecule has 4 aromatic rings. The fourth-order valence-corrected chi connectivity index (χ4v) is 8.14. The largest absolute Gasteiger partial charge is 0.387 e. The van der Waals surface area contributed by atoms with Crippen molar-refractivity contribution >= 4 is 71.5 Å². The zero-order valence-electron chi connectivity index (χ0n) is 22.0. The average molecular weight is 693 g/mol. The summed E-state index contributed by atoms with van der Waals surface area (Å²) in [7, 11) is 0. The topological polar surface area (TPSA) is 252 Å². The van der Waals surface area contributed by atoms with E-state index in [1.165, 1.54) is 17.2 Å². The van der Waals surface area contributed by atoms with Gasteiger partial charge in [0.15, 0.2) is 35.3 Å². The second-order valence-corrected chi connectivity index (χ2v) is 15.6. The number of aliphatic hydroxyl groups is 1. The molecule has 19 nitrogen and oxygen atoms in total. The molecule has 3 saturated heterocycles. The van der Waals surface area contributed by atoms with Gasteiger partial charge in [0, 0.05) is 0 Å². The number of hydrogen-bond donors (Lipinski definition) is 5. The Labute approximate surface area is 256 Å². The van der Waals surface area contributed by atoms with E-state index < -0.39 is 75.9 Å². The summed E-state index contributed by atoms with van der Waals surface area (Å²) < 4.78 is 66.8. The molecule has 44 heavy (non-hydrogen) atoms. The number of nitrogens with two attached hydrogens (primary N) is 2. The van der Waals surface area contributed by atoms with Crippen LogP contribution in [-0.2, 0) is 49.7 Å². The van der Waals surface area contributed by atoms with Crippen LogP contribution >= 0.6 is 25.8 Å². The van der Waals surface area contributed by atoms with Gasteiger partial charge in [-0.3, -0.25) is 22.7 Å². The van der Waals surface area contributed by atoms with Crippen LogP contribution in [0.3, 0.4) is 0 Å². The third-order valence-corrected chi connectivity index (χ3v) is 10.5. The van der Waals surface area contributed by atoms with Gasteiger partial charge in [0.1, 0.15) is 54.7 Å². The maximum absolute atomic E-state index is 16.9. The van der Waals surface area contributed by atoms with Crippen LogP contribution in [0.2, 0.25) is 0 Å². The third kappa shape index (κ3) is 5.08. The molecule has 2 bridgehead atoms. The van der Waals surface area contributed by atoms with Crippen molar-refractivity contribution in [1.82, 2.24) is 39.0 Å². The quantitative estimate of drug-likeness (QED) is 0.139. The standard InChI is InChI=1S/C20H23FN10O9P2S2/c21-20(31-7-29-11-16(23)25-5-27-18(11)31)3-35-9-2-37-41(33,43)39-13-12(32)8(1-36-42(34,44)40-14(9)20)38-19(13)30-6-28-10-15(22)24-4-26-17(10)30/h4-9,12-14,19,32H,1-3H2,(H,33,43)(H,34,44)(H2,22,24,26)(H2,23,25,27)/t8-,9-,12-,13-,14-,19-,20+,41?,42?/m1/s1. The second-order valence-electron chi connectivity index (χ2n) is 9.98. The molecule has 24 heteroatoms. The van der Waals surface area contributed by atoms with E-state index in [2.05, 4.69) is 42.2 Å². The Morgan fingerprint density at radius 3 is 2.41 bits per heavy atom. The van der Waals surface area contributed by atoms with Gasteiger partial charge in [0.2, 0.25) is 5.79 Å². The van der Waals surface area contributed by atoms with Crippen LogP contribution in [0.5, 0.6) is 0 Å². The Kier molecular flexibility index (Phi) is 7.43. The first kappa shape index (κ1) is 30.2. The minimum atomic E-state index is -4.35. The van der Waals surface area contributed by atoms with Crippen LogP contribution in [0, 0.1) is 0 Å². The summed E-state index contributed by atoms with van der Waals surface area (Å²) in [5.74, 6) is -2.50. The normalized spacial score (nSPS) is 38.3. The number of ether oxygens (including phenoxy) is 2. The molecular formula is C20H23FN10O9P2S2. The molecule has 3 fully saturated rings. The first-order valence-electron chi connectivity index (χ1n) is 12.7. The highest BCUT2D eigenvalue weighted by Crippen LogP contribution is 2.58. The molecule has 4 aromatic heterocycles. The van der Waals surface area contributed by atoms with Gasteiger partial charge < -0.3 is 35.5 Å². The number of thiol groups is 1. The van der Waals surface area contributed by atoms with E-state index in [-0.39, 0.29) is 34.0 Å². The lowest BCUT2D eigenvalue weighted by Crippen LogP contribution is -2.45. The maximum atomic E-state index is 16.9. The zero-order valence-corrected chi connectivity index (χ0v) is 25.5. The van der Waals surface area contributed by atoms with Crippen molar-refractivity contribution in [2.45, 2.75) is 42.5 Å². The monoisotopic (exact) mass is 692 g/mol. The Hall–Kier alpha value is -2.46. The molecule has 3 aliphatic rings. The van der Waals surface area contributed by atoms with Gasteiger partial charge in [-0.05, 0) is 11.8 Å². The number of nitrogens with zero attached hydrogens (tertiary/aromatic N) is 8. The molecule has 0 aliphatic carbocycles. The Bertz CT molecular complexity index is 1850. The molecule has 0 spiro atoms. The number of anilines is 2. The van der Waals surface area contributed by atoms with Crippen LogP contribution in [0.15, 0.2) is 25.3 Å². The molecule has 0 radical (unpaired) electrons. The number of aromatic nitrogens is 8. The van der Waals surface area contributed by atoms with Crippen LogP contribution in [0.4, 0.5) is 16.0 Å². The molecule has 9 atom stereocenters. The summed E-state index contributed by atoms with van der Waals surface area (Å²) in [5, 5.41) is 11.2. The van der Waals surface area contributed by atoms with Gasteiger partial charge in [-0.2, -0.15) is 0 Å². The maximum Gasteiger partial charge on any atom is 0.386 e. The predicted octanol–water partition coefficient (Wildman–Crippen LogP) is 0.182. The van der Waals surface area contributed by atoms with Gasteiger partial charge in [-0.15, -0.1) is 0 Å². The van der Waals surface area contributed by atoms with E-state index in [9.17, 15) is 14.6 Å². The lowest BCUT2D eigenvalue weighted by molar-refractivity contribution is -0.0624. The Morgan fingerprint density at radius 2 is 1.66 bits per heavy atom. The molecular weight excluding hydrogens is 669 g/mol. The number of alkyl halides is 1. The van der Waals surface area contributed by atoms with Crippen LogP contribution < -0.4 is 11.5 Å². The summed E-state index contributed by atoms with van der Waals surface area (Å²) in [6, 6.07) is 0. The highest BCUT2D eigenvalue weighted by Gasteiger charge is 2.57. The number of aliphatic hydroxyl groups excluding tert-OH is 1. The Balaban J connectivity index is 1.22. The second kappa shape index (κ2) is 10.8. The molecule has 3 aliphatic heterocycles. The van der Waals surface area contributed by atoms with Crippen molar-refractivity contribution in [3.05, 3.63) is 25.3 Å². The smallest absolute Gasteiger partial charge is 0.386 e. The summed E-state index contributed by atoms with van der Waals surface area (Å²) in [4.78, 5) is 35.3. The first-order chi connectivity index (χ1) is 20.9. The molecule has 0 amide bonds. The van der Waals surface area contributed by atoms with E-state index in [1.807, 2.05) is 0 Å². The van der Waals surface area contributed by atoms with Gasteiger partial charge in [0.25, 0.3) is 0 Å². The van der Waals surface area contributed by atoms with Gasteiger partial charge in [-0.1, -0.05) is 12.2 Å². The lowest BCUT2D eigenvalue weighted by Gasteiger charge is -2.32. The molecule has 2 unspecified atom stereocenters. The highest BCUT2D eigenvalue weighted by molar-refractivity contribution is 8.44. The molecule has 7 rings (SSSR count). The summed E-state index contributed by atoms with van der Waals surface area (Å²) in [6.45, 7) is -10.5. The van der Waals surface area contributed by atoms with Gasteiger partial charge >= 0.3 is 13.5 Å². The first-order valence-corrected chi connectivity index (χ1v) is 18.0. The van der Waals surface area contributed by atoms with E-state index >= 15 is 4.39 Å². The van der Waals surface area contributed by atoms with Crippen molar-refractivity contribution in [1.29, 1.82) is 0 Å². The van der Waals surface area contributed by atoms with E-state index in [4.69, 9.17) is 50.8 Å². The van der Waals surface area contributed by atoms with Gasteiger partial charge in [0.05, 0.1) is 25.9 Å². The number of imidazole rings is 2. The molecule has 0 aromatic carbocycles. The number of rotatable bonds is 2.